The monoisotopic (exact) mass is 347 g/mol. The largest absolute Gasteiger partial charge is 0.310 e. The van der Waals surface area contributed by atoms with Crippen LogP contribution in [0.5, 0.6) is 0 Å². The van der Waals surface area contributed by atoms with Crippen molar-refractivity contribution in [1.82, 2.24) is 14.8 Å². The van der Waals surface area contributed by atoms with Gasteiger partial charge in [-0.05, 0) is 24.6 Å². The Morgan fingerprint density at radius 2 is 2.11 bits per heavy atom. The molecular formula is C12H12BrCl2N3. The van der Waals surface area contributed by atoms with Crippen LogP contribution < -0.4 is 0 Å². The first kappa shape index (κ1) is 13.8. The number of aromatic nitrogens is 3. The first-order valence-corrected chi connectivity index (χ1v) is 7.31. The van der Waals surface area contributed by atoms with E-state index in [1.165, 1.54) is 0 Å². The molecule has 1 aromatic carbocycles. The van der Waals surface area contributed by atoms with Crippen molar-refractivity contribution in [1.29, 1.82) is 0 Å². The molecule has 0 aliphatic carbocycles. The van der Waals surface area contributed by atoms with Crippen LogP contribution in [-0.2, 0) is 12.4 Å². The van der Waals surface area contributed by atoms with E-state index in [4.69, 9.17) is 23.2 Å². The minimum Gasteiger partial charge on any atom is -0.310 e. The molecule has 0 spiro atoms. The Bertz CT molecular complexity index is 554. The topological polar surface area (TPSA) is 30.7 Å². The van der Waals surface area contributed by atoms with Gasteiger partial charge in [-0.3, -0.25) is 0 Å². The van der Waals surface area contributed by atoms with Crippen molar-refractivity contribution in [2.45, 2.75) is 25.8 Å². The van der Waals surface area contributed by atoms with Crippen molar-refractivity contribution in [2.75, 3.05) is 0 Å². The van der Waals surface area contributed by atoms with Crippen LogP contribution in [-0.4, -0.2) is 14.8 Å². The summed E-state index contributed by atoms with van der Waals surface area (Å²) >= 11 is 15.5. The fourth-order valence-corrected chi connectivity index (χ4v) is 2.52. The Labute approximate surface area is 124 Å². The summed E-state index contributed by atoms with van der Waals surface area (Å²) in [5.74, 6) is 1.88. The van der Waals surface area contributed by atoms with Gasteiger partial charge in [-0.2, -0.15) is 0 Å². The fourth-order valence-electron chi connectivity index (χ4n) is 1.76. The fraction of sp³-hybridized carbons (Fsp3) is 0.333. The average Bonchev–Trinajstić information content (AvgIpc) is 2.76. The smallest absolute Gasteiger partial charge is 0.165 e. The molecule has 1 heterocycles. The number of nitrogens with zero attached hydrogens (tertiary/aromatic N) is 3. The van der Waals surface area contributed by atoms with Crippen molar-refractivity contribution in [2.24, 2.45) is 0 Å². The van der Waals surface area contributed by atoms with E-state index in [-0.39, 0.29) is 0 Å². The van der Waals surface area contributed by atoms with Crippen LogP contribution >= 0.6 is 39.1 Å². The molecule has 0 aliphatic heterocycles. The van der Waals surface area contributed by atoms with E-state index in [1.54, 1.807) is 0 Å². The summed E-state index contributed by atoms with van der Waals surface area (Å²) in [5.41, 5.74) is 0.864. The molecule has 0 bridgehead atoms. The highest BCUT2D eigenvalue weighted by Gasteiger charge is 2.15. The molecule has 18 heavy (non-hydrogen) atoms. The quantitative estimate of drug-likeness (QED) is 0.761. The van der Waals surface area contributed by atoms with E-state index in [1.807, 2.05) is 22.8 Å². The lowest BCUT2D eigenvalue weighted by molar-refractivity contribution is 0.659. The molecule has 0 saturated carbocycles. The van der Waals surface area contributed by atoms with E-state index >= 15 is 0 Å². The third-order valence-corrected chi connectivity index (χ3v) is 3.63. The predicted molar refractivity (Wildman–Crippen MR) is 78.0 cm³/mol. The van der Waals surface area contributed by atoms with E-state index in [0.29, 0.717) is 10.9 Å². The molecule has 0 aliphatic rings. The summed E-state index contributed by atoms with van der Waals surface area (Å²) < 4.78 is 2.97. The van der Waals surface area contributed by atoms with Crippen LogP contribution in [0.3, 0.4) is 0 Å². The molecule has 2 aromatic rings. The minimum atomic E-state index is 0.346. The first-order chi connectivity index (χ1) is 8.67. The minimum absolute atomic E-state index is 0.346. The van der Waals surface area contributed by atoms with Crippen LogP contribution in [0.15, 0.2) is 22.7 Å². The maximum absolute atomic E-state index is 6.22. The van der Waals surface area contributed by atoms with Crippen LogP contribution in [0.1, 0.15) is 19.2 Å². The Balaban J connectivity index is 2.56. The standard InChI is InChI=1S/C12H12BrCl2N3/c1-2-5-18-11(7-14)16-17-12(18)9-6-8(13)3-4-10(9)15/h3-4,6H,2,5,7H2,1H3. The Hall–Kier alpha value is -0.580. The molecule has 0 fully saturated rings. The second-order valence-corrected chi connectivity index (χ2v) is 5.44. The van der Waals surface area contributed by atoms with Gasteiger partial charge in [-0.25, -0.2) is 0 Å². The lowest BCUT2D eigenvalue weighted by Crippen LogP contribution is -2.04. The summed E-state index contributed by atoms with van der Waals surface area (Å²) in [6, 6.07) is 5.68. The van der Waals surface area contributed by atoms with E-state index in [9.17, 15) is 0 Å². The maximum atomic E-state index is 6.22. The number of hydrogen-bond acceptors (Lipinski definition) is 2. The Morgan fingerprint density at radius 3 is 2.78 bits per heavy atom. The van der Waals surface area contributed by atoms with Crippen molar-refractivity contribution < 1.29 is 0 Å². The number of benzene rings is 1. The highest BCUT2D eigenvalue weighted by Crippen LogP contribution is 2.30. The molecule has 1 aromatic heterocycles. The highest BCUT2D eigenvalue weighted by atomic mass is 79.9. The van der Waals surface area contributed by atoms with Crippen LogP contribution in [0.25, 0.3) is 11.4 Å². The Morgan fingerprint density at radius 1 is 1.33 bits per heavy atom. The summed E-state index contributed by atoms with van der Waals surface area (Å²) in [5, 5.41) is 8.97. The number of hydrogen-bond donors (Lipinski definition) is 0. The van der Waals surface area contributed by atoms with Crippen molar-refractivity contribution in [3.63, 3.8) is 0 Å². The van der Waals surface area contributed by atoms with Gasteiger partial charge in [0.15, 0.2) is 5.82 Å². The molecule has 0 radical (unpaired) electrons. The lowest BCUT2D eigenvalue weighted by atomic mass is 10.2. The van der Waals surface area contributed by atoms with Crippen LogP contribution in [0, 0.1) is 0 Å². The molecule has 6 heteroatoms. The molecule has 3 nitrogen and oxygen atoms in total. The van der Waals surface area contributed by atoms with Gasteiger partial charge in [-0.1, -0.05) is 34.5 Å². The van der Waals surface area contributed by atoms with Crippen molar-refractivity contribution in [3.05, 3.63) is 33.5 Å². The van der Waals surface area contributed by atoms with Crippen LogP contribution in [0.2, 0.25) is 5.02 Å². The zero-order chi connectivity index (χ0) is 13.1. The van der Waals surface area contributed by atoms with Gasteiger partial charge in [0.2, 0.25) is 0 Å². The normalized spacial score (nSPS) is 10.9. The summed E-state index contributed by atoms with van der Waals surface area (Å²) in [6.45, 7) is 2.93. The molecule has 0 unspecified atom stereocenters. The van der Waals surface area contributed by atoms with Gasteiger partial charge in [0.1, 0.15) is 5.82 Å². The first-order valence-electron chi connectivity index (χ1n) is 5.60. The molecule has 2 rings (SSSR count). The summed E-state index contributed by atoms with van der Waals surface area (Å²) in [6.07, 6.45) is 0.987. The molecular weight excluding hydrogens is 337 g/mol. The van der Waals surface area contributed by atoms with Crippen molar-refractivity contribution in [3.8, 4) is 11.4 Å². The molecule has 0 amide bonds. The van der Waals surface area contributed by atoms with Gasteiger partial charge in [0.05, 0.1) is 10.9 Å². The number of rotatable bonds is 4. The van der Waals surface area contributed by atoms with E-state index in [2.05, 4.69) is 33.1 Å². The summed E-state index contributed by atoms with van der Waals surface area (Å²) in [7, 11) is 0. The molecule has 0 saturated heterocycles. The number of alkyl halides is 1. The Kier molecular flexibility index (Phi) is 4.65. The van der Waals surface area contributed by atoms with Gasteiger partial charge in [0.25, 0.3) is 0 Å². The van der Waals surface area contributed by atoms with Gasteiger partial charge < -0.3 is 4.57 Å². The average molecular weight is 349 g/mol. The molecule has 96 valence electrons. The third kappa shape index (κ3) is 2.71. The molecule has 0 atom stereocenters. The van der Waals surface area contributed by atoms with Gasteiger partial charge >= 0.3 is 0 Å². The van der Waals surface area contributed by atoms with Gasteiger partial charge in [-0.15, -0.1) is 21.8 Å². The van der Waals surface area contributed by atoms with Gasteiger partial charge in [0, 0.05) is 16.6 Å². The predicted octanol–water partition coefficient (Wildman–Crippen LogP) is 4.51. The van der Waals surface area contributed by atoms with Crippen molar-refractivity contribution >= 4 is 39.1 Å². The zero-order valence-corrected chi connectivity index (χ0v) is 12.9. The maximum Gasteiger partial charge on any atom is 0.165 e. The van der Waals surface area contributed by atoms with Crippen LogP contribution in [0.4, 0.5) is 0 Å². The lowest BCUT2D eigenvalue weighted by Gasteiger charge is -2.09. The third-order valence-electron chi connectivity index (χ3n) is 2.56. The second-order valence-electron chi connectivity index (χ2n) is 3.85. The summed E-state index contributed by atoms with van der Waals surface area (Å²) in [4.78, 5) is 0. The second kappa shape index (κ2) is 6.04. The van der Waals surface area contributed by atoms with E-state index < -0.39 is 0 Å². The SMILES string of the molecule is CCCn1c(CCl)nnc1-c1cc(Br)ccc1Cl. The van der Waals surface area contributed by atoms with E-state index in [0.717, 1.165) is 34.7 Å². The highest BCUT2D eigenvalue weighted by molar-refractivity contribution is 9.10. The number of halogens is 3. The molecule has 0 N–H and O–H groups in total. The zero-order valence-electron chi connectivity index (χ0n) is 9.83.